The van der Waals surface area contributed by atoms with Gasteiger partial charge in [0.25, 0.3) is 0 Å². The average molecular weight is 263 g/mol. The Morgan fingerprint density at radius 2 is 2.11 bits per heavy atom. The molecule has 2 atom stereocenters. The van der Waals surface area contributed by atoms with Crippen LogP contribution >= 0.6 is 0 Å². The van der Waals surface area contributed by atoms with Crippen LogP contribution in [0.3, 0.4) is 0 Å². The molecule has 102 valence electrons. The fraction of sp³-hybridized carbons (Fsp3) is 0.533. The minimum Gasteiger partial charge on any atom is -0.381 e. The van der Waals surface area contributed by atoms with Gasteiger partial charge in [-0.2, -0.15) is 5.26 Å². The smallest absolute Gasteiger partial charge is 0.124 e. The summed E-state index contributed by atoms with van der Waals surface area (Å²) in [5.41, 5.74) is 1.04. The van der Waals surface area contributed by atoms with Gasteiger partial charge < -0.3 is 9.47 Å². The van der Waals surface area contributed by atoms with Crippen LogP contribution in [0.25, 0.3) is 0 Å². The molecule has 1 aromatic rings. The molecular formula is C15H18FNO2. The predicted molar refractivity (Wildman–Crippen MR) is 69.0 cm³/mol. The lowest BCUT2D eigenvalue weighted by Gasteiger charge is -2.28. The number of hydrogen-bond donors (Lipinski definition) is 0. The largest absolute Gasteiger partial charge is 0.381 e. The van der Waals surface area contributed by atoms with E-state index in [0.717, 1.165) is 25.7 Å². The molecule has 2 unspecified atom stereocenters. The molecule has 0 amide bonds. The summed E-state index contributed by atoms with van der Waals surface area (Å²) in [4.78, 5) is 0. The normalized spacial score (nSPS) is 23.0. The lowest BCUT2D eigenvalue weighted by Crippen LogP contribution is -2.27. The van der Waals surface area contributed by atoms with Gasteiger partial charge in [-0.1, -0.05) is 0 Å². The number of ether oxygens (including phenoxy) is 2. The van der Waals surface area contributed by atoms with Gasteiger partial charge in [0, 0.05) is 7.11 Å². The molecule has 4 heteroatoms. The fourth-order valence-electron chi connectivity index (χ4n) is 2.48. The van der Waals surface area contributed by atoms with Gasteiger partial charge in [0.1, 0.15) is 5.82 Å². The van der Waals surface area contributed by atoms with Crippen molar-refractivity contribution >= 4 is 0 Å². The average Bonchev–Trinajstić information content (AvgIpc) is 2.44. The number of rotatable bonds is 4. The summed E-state index contributed by atoms with van der Waals surface area (Å²) >= 11 is 0. The molecule has 0 bridgehead atoms. The zero-order valence-corrected chi connectivity index (χ0v) is 11.1. The lowest BCUT2D eigenvalue weighted by molar-refractivity contribution is -0.0364. The molecule has 2 rings (SSSR count). The van der Waals surface area contributed by atoms with Crippen LogP contribution in [-0.2, 0) is 16.1 Å². The maximum absolute atomic E-state index is 13.3. The minimum absolute atomic E-state index is 0.160. The Bertz CT molecular complexity index is 470. The molecule has 1 saturated carbocycles. The van der Waals surface area contributed by atoms with E-state index in [4.69, 9.17) is 14.7 Å². The van der Waals surface area contributed by atoms with Crippen molar-refractivity contribution in [1.82, 2.24) is 0 Å². The molecule has 0 radical (unpaired) electrons. The van der Waals surface area contributed by atoms with E-state index in [1.807, 2.05) is 6.07 Å². The Balaban J connectivity index is 1.91. The van der Waals surface area contributed by atoms with Crippen LogP contribution in [0.5, 0.6) is 0 Å². The molecule has 3 nitrogen and oxygen atoms in total. The number of nitriles is 1. The highest BCUT2D eigenvalue weighted by Gasteiger charge is 2.22. The second kappa shape index (κ2) is 6.65. The van der Waals surface area contributed by atoms with E-state index in [1.54, 1.807) is 13.2 Å². The molecule has 0 saturated heterocycles. The first-order valence-electron chi connectivity index (χ1n) is 6.55. The second-order valence-electron chi connectivity index (χ2n) is 4.92. The van der Waals surface area contributed by atoms with Gasteiger partial charge in [-0.25, -0.2) is 4.39 Å². The van der Waals surface area contributed by atoms with Gasteiger partial charge in [0.15, 0.2) is 0 Å². The Morgan fingerprint density at radius 3 is 2.84 bits per heavy atom. The van der Waals surface area contributed by atoms with Crippen molar-refractivity contribution in [3.8, 4) is 6.07 Å². The standard InChI is InChI=1S/C15H18FNO2/c1-18-14-3-2-4-15(8-14)19-10-12-5-11(9-17)6-13(16)7-12/h5-7,14-15H,2-4,8,10H2,1H3. The molecular weight excluding hydrogens is 245 g/mol. The zero-order chi connectivity index (χ0) is 13.7. The zero-order valence-electron chi connectivity index (χ0n) is 11.1. The van der Waals surface area contributed by atoms with E-state index in [2.05, 4.69) is 0 Å². The molecule has 1 aliphatic rings. The summed E-state index contributed by atoms with van der Waals surface area (Å²) in [6.07, 6.45) is 4.50. The van der Waals surface area contributed by atoms with E-state index in [-0.39, 0.29) is 12.2 Å². The summed E-state index contributed by atoms with van der Waals surface area (Å²) in [6.45, 7) is 0.341. The SMILES string of the molecule is COC1CCCC(OCc2cc(F)cc(C#N)c2)C1. The van der Waals surface area contributed by atoms with E-state index in [0.29, 0.717) is 17.7 Å². The number of nitrogens with zero attached hydrogens (tertiary/aromatic N) is 1. The molecule has 0 N–H and O–H groups in total. The van der Waals surface area contributed by atoms with Gasteiger partial charge in [-0.05, 0) is 49.4 Å². The molecule has 19 heavy (non-hydrogen) atoms. The topological polar surface area (TPSA) is 42.2 Å². The highest BCUT2D eigenvalue weighted by atomic mass is 19.1. The van der Waals surface area contributed by atoms with Crippen molar-refractivity contribution in [2.45, 2.75) is 44.5 Å². The second-order valence-corrected chi connectivity index (χ2v) is 4.92. The number of methoxy groups -OCH3 is 1. The summed E-state index contributed by atoms with van der Waals surface area (Å²) < 4.78 is 24.4. The molecule has 0 aromatic heterocycles. The van der Waals surface area contributed by atoms with Crippen LogP contribution in [0.2, 0.25) is 0 Å². The Hall–Kier alpha value is -1.44. The Kier molecular flexibility index (Phi) is 4.89. The number of benzene rings is 1. The Labute approximate surface area is 112 Å². The summed E-state index contributed by atoms with van der Waals surface area (Å²) in [5.74, 6) is -0.393. The van der Waals surface area contributed by atoms with E-state index in [9.17, 15) is 4.39 Å². The van der Waals surface area contributed by atoms with Crippen molar-refractivity contribution in [3.05, 3.63) is 35.1 Å². The van der Waals surface area contributed by atoms with Gasteiger partial charge in [0.2, 0.25) is 0 Å². The number of hydrogen-bond acceptors (Lipinski definition) is 3. The molecule has 0 aliphatic heterocycles. The van der Waals surface area contributed by atoms with Gasteiger partial charge >= 0.3 is 0 Å². The predicted octanol–water partition coefficient (Wildman–Crippen LogP) is 3.17. The first-order valence-corrected chi connectivity index (χ1v) is 6.55. The van der Waals surface area contributed by atoms with Crippen LogP contribution in [0, 0.1) is 17.1 Å². The quantitative estimate of drug-likeness (QED) is 0.838. The van der Waals surface area contributed by atoms with Crippen molar-refractivity contribution in [1.29, 1.82) is 5.26 Å². The maximum Gasteiger partial charge on any atom is 0.124 e. The van der Waals surface area contributed by atoms with E-state index in [1.165, 1.54) is 12.1 Å². The molecule has 1 aliphatic carbocycles. The van der Waals surface area contributed by atoms with Crippen molar-refractivity contribution in [3.63, 3.8) is 0 Å². The van der Waals surface area contributed by atoms with Crippen LogP contribution in [0.4, 0.5) is 4.39 Å². The van der Waals surface area contributed by atoms with Crippen LogP contribution in [0.15, 0.2) is 18.2 Å². The fourth-order valence-corrected chi connectivity index (χ4v) is 2.48. The molecule has 0 heterocycles. The highest BCUT2D eigenvalue weighted by molar-refractivity contribution is 5.33. The van der Waals surface area contributed by atoms with Crippen molar-refractivity contribution in [2.24, 2.45) is 0 Å². The van der Waals surface area contributed by atoms with Gasteiger partial charge in [-0.3, -0.25) is 0 Å². The third kappa shape index (κ3) is 4.02. The monoisotopic (exact) mass is 263 g/mol. The third-order valence-electron chi connectivity index (χ3n) is 3.48. The van der Waals surface area contributed by atoms with Crippen molar-refractivity contribution in [2.75, 3.05) is 7.11 Å². The van der Waals surface area contributed by atoms with Crippen LogP contribution < -0.4 is 0 Å². The van der Waals surface area contributed by atoms with Crippen molar-refractivity contribution < 1.29 is 13.9 Å². The maximum atomic E-state index is 13.3. The molecule has 0 spiro atoms. The van der Waals surface area contributed by atoms with Gasteiger partial charge in [0.05, 0.1) is 30.4 Å². The summed E-state index contributed by atoms with van der Waals surface area (Å²) in [6, 6.07) is 6.25. The minimum atomic E-state index is -0.393. The first-order chi connectivity index (χ1) is 9.21. The summed E-state index contributed by atoms with van der Waals surface area (Å²) in [7, 11) is 1.72. The summed E-state index contributed by atoms with van der Waals surface area (Å²) in [5, 5.41) is 8.80. The van der Waals surface area contributed by atoms with E-state index < -0.39 is 5.82 Å². The molecule has 1 aromatic carbocycles. The van der Waals surface area contributed by atoms with E-state index >= 15 is 0 Å². The van der Waals surface area contributed by atoms with Crippen LogP contribution in [0.1, 0.15) is 36.8 Å². The number of halogens is 1. The lowest BCUT2D eigenvalue weighted by atomic mass is 9.95. The Morgan fingerprint density at radius 1 is 1.32 bits per heavy atom. The molecule has 1 fully saturated rings. The van der Waals surface area contributed by atoms with Crippen LogP contribution in [-0.4, -0.2) is 19.3 Å². The third-order valence-corrected chi connectivity index (χ3v) is 3.48. The highest BCUT2D eigenvalue weighted by Crippen LogP contribution is 2.24. The first kappa shape index (κ1) is 14.0. The van der Waals surface area contributed by atoms with Gasteiger partial charge in [-0.15, -0.1) is 0 Å².